The molecule has 3 nitrogen and oxygen atoms in total. The van der Waals surface area contributed by atoms with Crippen LogP contribution in [-0.2, 0) is 5.75 Å². The number of benzene rings is 1. The number of carbonyl (C=O) groups excluding carboxylic acids is 1. The van der Waals surface area contributed by atoms with Gasteiger partial charge in [0, 0.05) is 17.5 Å². The van der Waals surface area contributed by atoms with Crippen LogP contribution in [0.3, 0.4) is 0 Å². The number of thioether (sulfide) groups is 1. The Balaban J connectivity index is 2.13. The highest BCUT2D eigenvalue weighted by Gasteiger charge is 2.05. The predicted octanol–water partition coefficient (Wildman–Crippen LogP) is 2.05. The van der Waals surface area contributed by atoms with E-state index in [9.17, 15) is 9.90 Å². The zero-order chi connectivity index (χ0) is 13.0. The second-order valence-electron chi connectivity index (χ2n) is 3.92. The van der Waals surface area contributed by atoms with Crippen LogP contribution in [0.4, 0.5) is 0 Å². The van der Waals surface area contributed by atoms with Gasteiger partial charge in [-0.15, -0.1) is 11.8 Å². The molecule has 0 amide bonds. The molecule has 0 aliphatic rings. The largest absolute Gasteiger partial charge is 0.545 e. The second kappa shape index (κ2) is 5.69. The van der Waals surface area contributed by atoms with Crippen LogP contribution in [-0.4, -0.2) is 11.0 Å². The third-order valence-electron chi connectivity index (χ3n) is 2.45. The minimum absolute atomic E-state index is 0.148. The molecule has 4 heteroatoms. The third kappa shape index (κ3) is 3.11. The summed E-state index contributed by atoms with van der Waals surface area (Å²) in [6.07, 6.45) is 1.59. The van der Waals surface area contributed by atoms with Gasteiger partial charge in [-0.3, -0.25) is 0 Å². The fourth-order valence-corrected chi connectivity index (χ4v) is 2.54. The van der Waals surface area contributed by atoms with Crippen molar-refractivity contribution in [3.63, 3.8) is 0 Å². The number of carbonyl (C=O) groups is 1. The number of carboxylic acids is 1. The van der Waals surface area contributed by atoms with Gasteiger partial charge in [-0.05, 0) is 24.6 Å². The first-order valence-corrected chi connectivity index (χ1v) is 6.50. The number of pyridine rings is 1. The number of nitrogens with zero attached hydrogens (tertiary/aromatic N) is 1. The third-order valence-corrected chi connectivity index (χ3v) is 3.53. The Morgan fingerprint density at radius 2 is 2.17 bits per heavy atom. The molecule has 92 valence electrons. The number of hydrogen-bond donors (Lipinski definition) is 0. The minimum Gasteiger partial charge on any atom is -0.545 e. The summed E-state index contributed by atoms with van der Waals surface area (Å²) in [7, 11) is 0. The Morgan fingerprint density at radius 1 is 1.33 bits per heavy atom. The van der Waals surface area contributed by atoms with Gasteiger partial charge in [0.25, 0.3) is 0 Å². The van der Waals surface area contributed by atoms with Crippen LogP contribution in [0, 0.1) is 6.92 Å². The molecule has 2 aromatic rings. The van der Waals surface area contributed by atoms with Gasteiger partial charge in [-0.1, -0.05) is 29.8 Å². The molecule has 0 bridgehead atoms. The fourth-order valence-electron chi connectivity index (χ4n) is 1.61. The van der Waals surface area contributed by atoms with Gasteiger partial charge < -0.3 is 9.90 Å². The molecular formula is C14H12NO2S-. The highest BCUT2D eigenvalue weighted by Crippen LogP contribution is 2.24. The topological polar surface area (TPSA) is 53.0 Å². The number of aromatic carboxylic acids is 1. The number of hydrogen-bond acceptors (Lipinski definition) is 4. The predicted molar refractivity (Wildman–Crippen MR) is 69.3 cm³/mol. The van der Waals surface area contributed by atoms with E-state index in [0.29, 0.717) is 10.8 Å². The first-order valence-electron chi connectivity index (χ1n) is 5.51. The van der Waals surface area contributed by atoms with Gasteiger partial charge in [0.2, 0.25) is 0 Å². The Labute approximate surface area is 110 Å². The standard InChI is InChI=1S/C14H13NO2S/c1-10-4-2-5-11(8-10)9-18-13-12(14(16)17)6-3-7-15-13/h2-8H,9H2,1H3,(H,16,17)/p-1. The molecule has 0 saturated heterocycles. The van der Waals surface area contributed by atoms with Gasteiger partial charge in [0.15, 0.2) is 0 Å². The van der Waals surface area contributed by atoms with E-state index in [4.69, 9.17) is 0 Å². The monoisotopic (exact) mass is 258 g/mol. The second-order valence-corrected chi connectivity index (χ2v) is 4.89. The molecule has 0 spiro atoms. The lowest BCUT2D eigenvalue weighted by Crippen LogP contribution is -2.23. The van der Waals surface area contributed by atoms with Crippen LogP contribution in [0.15, 0.2) is 47.6 Å². The van der Waals surface area contributed by atoms with Crippen LogP contribution >= 0.6 is 11.8 Å². The molecule has 0 radical (unpaired) electrons. The van der Waals surface area contributed by atoms with E-state index in [0.717, 1.165) is 5.56 Å². The lowest BCUT2D eigenvalue weighted by Gasteiger charge is -2.08. The molecule has 0 atom stereocenters. The zero-order valence-electron chi connectivity index (χ0n) is 9.92. The maximum absolute atomic E-state index is 10.9. The van der Waals surface area contributed by atoms with Gasteiger partial charge in [-0.25, -0.2) is 4.98 Å². The first-order chi connectivity index (χ1) is 8.66. The van der Waals surface area contributed by atoms with Crippen molar-refractivity contribution in [2.24, 2.45) is 0 Å². The minimum atomic E-state index is -1.19. The van der Waals surface area contributed by atoms with Crippen molar-refractivity contribution in [3.05, 3.63) is 59.3 Å². The molecule has 0 N–H and O–H groups in total. The molecule has 18 heavy (non-hydrogen) atoms. The fraction of sp³-hybridized carbons (Fsp3) is 0.143. The molecule has 1 heterocycles. The van der Waals surface area contributed by atoms with Crippen LogP contribution < -0.4 is 5.11 Å². The zero-order valence-corrected chi connectivity index (χ0v) is 10.7. The van der Waals surface area contributed by atoms with E-state index >= 15 is 0 Å². The normalized spacial score (nSPS) is 10.3. The van der Waals surface area contributed by atoms with Crippen LogP contribution in [0.25, 0.3) is 0 Å². The average molecular weight is 258 g/mol. The molecular weight excluding hydrogens is 246 g/mol. The molecule has 0 fully saturated rings. The number of aryl methyl sites for hydroxylation is 1. The number of carboxylic acid groups (broad SMARTS) is 1. The summed E-state index contributed by atoms with van der Waals surface area (Å²) in [6, 6.07) is 11.2. The van der Waals surface area contributed by atoms with Gasteiger partial charge in [0.05, 0.1) is 5.97 Å². The van der Waals surface area contributed by atoms with E-state index < -0.39 is 5.97 Å². The van der Waals surface area contributed by atoms with Gasteiger partial charge >= 0.3 is 0 Å². The van der Waals surface area contributed by atoms with Crippen molar-refractivity contribution in [2.45, 2.75) is 17.7 Å². The smallest absolute Gasteiger partial charge is 0.105 e. The van der Waals surface area contributed by atoms with Crippen LogP contribution in [0.1, 0.15) is 21.5 Å². The Morgan fingerprint density at radius 3 is 2.89 bits per heavy atom. The van der Waals surface area contributed by atoms with Crippen LogP contribution in [0.5, 0.6) is 0 Å². The highest BCUT2D eigenvalue weighted by molar-refractivity contribution is 7.98. The summed E-state index contributed by atoms with van der Waals surface area (Å²) < 4.78 is 0. The van der Waals surface area contributed by atoms with E-state index in [1.54, 1.807) is 12.3 Å². The lowest BCUT2D eigenvalue weighted by molar-refractivity contribution is -0.255. The molecule has 2 rings (SSSR count). The van der Waals surface area contributed by atoms with Gasteiger partial charge in [0.1, 0.15) is 5.03 Å². The molecule has 1 aromatic heterocycles. The van der Waals surface area contributed by atoms with Crippen molar-refractivity contribution in [3.8, 4) is 0 Å². The maximum Gasteiger partial charge on any atom is 0.105 e. The first kappa shape index (κ1) is 12.6. The summed E-state index contributed by atoms with van der Waals surface area (Å²) in [5.74, 6) is -0.492. The number of rotatable bonds is 4. The maximum atomic E-state index is 10.9. The van der Waals surface area contributed by atoms with Crippen LogP contribution in [0.2, 0.25) is 0 Å². The summed E-state index contributed by atoms with van der Waals surface area (Å²) in [6.45, 7) is 2.03. The number of aromatic nitrogens is 1. The Hall–Kier alpha value is -1.81. The molecule has 0 aliphatic heterocycles. The van der Waals surface area contributed by atoms with E-state index in [1.165, 1.54) is 23.4 Å². The SMILES string of the molecule is Cc1cccc(CSc2ncccc2C(=O)[O-])c1. The van der Waals surface area contributed by atoms with E-state index in [2.05, 4.69) is 11.1 Å². The summed E-state index contributed by atoms with van der Waals surface area (Å²) in [4.78, 5) is 15.0. The van der Waals surface area contributed by atoms with Crippen molar-refractivity contribution < 1.29 is 9.90 Å². The van der Waals surface area contributed by atoms with Crippen molar-refractivity contribution in [1.29, 1.82) is 0 Å². The van der Waals surface area contributed by atoms with Crippen molar-refractivity contribution >= 4 is 17.7 Å². The molecule has 0 aliphatic carbocycles. The molecule has 0 unspecified atom stereocenters. The summed E-state index contributed by atoms with van der Waals surface area (Å²) >= 11 is 1.41. The van der Waals surface area contributed by atoms with Gasteiger partial charge in [-0.2, -0.15) is 0 Å². The summed E-state index contributed by atoms with van der Waals surface area (Å²) in [5.41, 5.74) is 2.49. The highest BCUT2D eigenvalue weighted by atomic mass is 32.2. The van der Waals surface area contributed by atoms with Crippen molar-refractivity contribution in [2.75, 3.05) is 0 Å². The quantitative estimate of drug-likeness (QED) is 0.788. The van der Waals surface area contributed by atoms with E-state index in [1.807, 2.05) is 25.1 Å². The molecule has 0 saturated carbocycles. The summed E-state index contributed by atoms with van der Waals surface area (Å²) in [5, 5.41) is 11.4. The Bertz CT molecular complexity index is 569. The van der Waals surface area contributed by atoms with Crippen molar-refractivity contribution in [1.82, 2.24) is 4.98 Å². The Kier molecular flexibility index (Phi) is 3.99. The average Bonchev–Trinajstić information content (AvgIpc) is 2.37. The van der Waals surface area contributed by atoms with E-state index in [-0.39, 0.29) is 5.56 Å². The lowest BCUT2D eigenvalue weighted by atomic mass is 10.2. The molecule has 1 aromatic carbocycles.